The number of aromatic nitrogens is 2. The zero-order valence-electron chi connectivity index (χ0n) is 19.0. The lowest BCUT2D eigenvalue weighted by molar-refractivity contribution is -0.122. The number of carboxylic acid groups (broad SMARTS) is 1. The Balaban J connectivity index is 1.45. The first-order chi connectivity index (χ1) is 16.9. The quantitative estimate of drug-likeness (QED) is 0.441. The summed E-state index contributed by atoms with van der Waals surface area (Å²) in [6, 6.07) is 7.08. The van der Waals surface area contributed by atoms with E-state index in [9.17, 15) is 14.4 Å². The predicted molar refractivity (Wildman–Crippen MR) is 129 cm³/mol. The van der Waals surface area contributed by atoms with Crippen LogP contribution in [0.5, 0.6) is 17.5 Å². The zero-order valence-corrected chi connectivity index (χ0v) is 19.9. The molecule has 3 amide bonds. The van der Waals surface area contributed by atoms with Crippen molar-refractivity contribution in [2.45, 2.75) is 25.9 Å². The van der Waals surface area contributed by atoms with Crippen LogP contribution in [-0.2, 0) is 4.79 Å². The summed E-state index contributed by atoms with van der Waals surface area (Å²) in [5, 5.41) is 8.77. The van der Waals surface area contributed by atoms with Gasteiger partial charge in [0.05, 0.1) is 10.5 Å². The van der Waals surface area contributed by atoms with Crippen LogP contribution in [0.4, 0.5) is 9.59 Å². The Bertz CT molecular complexity index is 1190. The smallest absolute Gasteiger partial charge is 0.407 e. The molecule has 2 aliphatic rings. The normalized spacial score (nSPS) is 17.7. The van der Waals surface area contributed by atoms with Gasteiger partial charge in [0.1, 0.15) is 18.2 Å². The molecule has 11 heteroatoms. The number of hydrogen-bond acceptors (Lipinski definition) is 8. The van der Waals surface area contributed by atoms with Crippen LogP contribution >= 0.6 is 11.8 Å². The highest BCUT2D eigenvalue weighted by molar-refractivity contribution is 8.18. The molecule has 2 saturated heterocycles. The van der Waals surface area contributed by atoms with Gasteiger partial charge in [-0.25, -0.2) is 14.8 Å². The Morgan fingerprint density at radius 1 is 1.26 bits per heavy atom. The van der Waals surface area contributed by atoms with Crippen LogP contribution in [0.1, 0.15) is 24.0 Å². The Morgan fingerprint density at radius 2 is 2.00 bits per heavy atom. The van der Waals surface area contributed by atoms with E-state index in [1.165, 1.54) is 17.3 Å². The van der Waals surface area contributed by atoms with Gasteiger partial charge in [-0.3, -0.25) is 14.5 Å². The second kappa shape index (κ2) is 10.6. The molecule has 0 atom stereocenters. The Morgan fingerprint density at radius 3 is 2.71 bits per heavy atom. The number of ether oxygens (including phenoxy) is 2. The Hall–Kier alpha value is -3.86. The van der Waals surface area contributed by atoms with E-state index in [1.54, 1.807) is 37.3 Å². The van der Waals surface area contributed by atoms with Gasteiger partial charge in [-0.15, -0.1) is 6.58 Å². The number of carbonyl (C=O) groups is 3. The average Bonchev–Trinajstić information content (AvgIpc) is 3.10. The van der Waals surface area contributed by atoms with Gasteiger partial charge >= 0.3 is 6.09 Å². The molecule has 0 aliphatic carbocycles. The molecule has 2 aliphatic heterocycles. The lowest BCUT2D eigenvalue weighted by Crippen LogP contribution is -2.41. The van der Waals surface area contributed by atoms with E-state index in [2.05, 4.69) is 16.5 Å². The highest BCUT2D eigenvalue weighted by Gasteiger charge is 2.34. The lowest BCUT2D eigenvalue weighted by Gasteiger charge is -2.30. The van der Waals surface area contributed by atoms with Crippen LogP contribution in [0.25, 0.3) is 6.08 Å². The summed E-state index contributed by atoms with van der Waals surface area (Å²) in [5.41, 5.74) is 1.31. The molecule has 2 aromatic rings. The van der Waals surface area contributed by atoms with Crippen molar-refractivity contribution in [2.24, 2.45) is 0 Å². The molecule has 4 rings (SSSR count). The number of benzene rings is 1. The number of amides is 3. The summed E-state index contributed by atoms with van der Waals surface area (Å²) in [5.74, 6) is 0.845. The molecule has 0 spiro atoms. The molecule has 0 bridgehead atoms. The first-order valence-corrected chi connectivity index (χ1v) is 11.8. The number of imide groups is 1. The van der Waals surface area contributed by atoms with Gasteiger partial charge in [0.2, 0.25) is 11.8 Å². The fourth-order valence-electron chi connectivity index (χ4n) is 3.68. The molecule has 0 unspecified atom stereocenters. The third-order valence-electron chi connectivity index (χ3n) is 5.54. The molecule has 2 fully saturated rings. The molecule has 3 heterocycles. The van der Waals surface area contributed by atoms with Crippen molar-refractivity contribution in [2.75, 3.05) is 19.6 Å². The SMILES string of the molecule is C=CCN1C(=O)SC(=Cc2cccc(Oc3ncnc(OC4CCN(C(=O)O)CC4)c3C)c2)C1=O. The number of likely N-dealkylation sites (tertiary alicyclic amines) is 1. The second-order valence-corrected chi connectivity index (χ2v) is 8.94. The standard InChI is InChI=1S/C24H24N4O6S/c1-3-9-28-22(29)19(35-24(28)32)13-16-5-4-6-18(12-16)34-21-15(2)20(25-14-26-21)33-17-7-10-27(11-8-17)23(30)31/h3-6,12-14,17H,1,7-11H2,2H3,(H,30,31). The predicted octanol–water partition coefficient (Wildman–Crippen LogP) is 4.32. The number of hydrogen-bond donors (Lipinski definition) is 1. The van der Waals surface area contributed by atoms with Crippen molar-refractivity contribution in [3.63, 3.8) is 0 Å². The van der Waals surface area contributed by atoms with Gasteiger partial charge < -0.3 is 19.5 Å². The number of thioether (sulfide) groups is 1. The molecular weight excluding hydrogens is 472 g/mol. The van der Waals surface area contributed by atoms with E-state index in [1.807, 2.05) is 0 Å². The third kappa shape index (κ3) is 5.62. The van der Waals surface area contributed by atoms with E-state index in [0.29, 0.717) is 59.5 Å². The van der Waals surface area contributed by atoms with E-state index in [0.717, 1.165) is 16.7 Å². The summed E-state index contributed by atoms with van der Waals surface area (Å²) in [7, 11) is 0. The number of rotatable bonds is 7. The Kier molecular flexibility index (Phi) is 7.35. The zero-order chi connectivity index (χ0) is 24.9. The highest BCUT2D eigenvalue weighted by Crippen LogP contribution is 2.33. The summed E-state index contributed by atoms with van der Waals surface area (Å²) in [6.45, 7) is 6.35. The summed E-state index contributed by atoms with van der Waals surface area (Å²) in [4.78, 5) is 46.9. The van der Waals surface area contributed by atoms with Gasteiger partial charge in [-0.2, -0.15) is 0 Å². The number of piperidine rings is 1. The van der Waals surface area contributed by atoms with Crippen molar-refractivity contribution in [3.8, 4) is 17.5 Å². The maximum Gasteiger partial charge on any atom is 0.407 e. The number of nitrogens with zero attached hydrogens (tertiary/aromatic N) is 4. The molecule has 0 radical (unpaired) electrons. The van der Waals surface area contributed by atoms with Crippen LogP contribution in [0.3, 0.4) is 0 Å². The Labute approximate surface area is 206 Å². The maximum atomic E-state index is 12.5. The molecule has 1 aromatic carbocycles. The molecule has 0 saturated carbocycles. The molecule has 35 heavy (non-hydrogen) atoms. The van der Waals surface area contributed by atoms with Crippen molar-refractivity contribution >= 4 is 35.1 Å². The largest absolute Gasteiger partial charge is 0.474 e. The minimum Gasteiger partial charge on any atom is -0.474 e. The molecular formula is C24H24N4O6S. The molecule has 1 aromatic heterocycles. The van der Waals surface area contributed by atoms with Gasteiger partial charge in [0.25, 0.3) is 11.1 Å². The summed E-state index contributed by atoms with van der Waals surface area (Å²) < 4.78 is 12.0. The monoisotopic (exact) mass is 496 g/mol. The minimum atomic E-state index is -0.924. The van der Waals surface area contributed by atoms with Crippen LogP contribution in [-0.4, -0.2) is 67.9 Å². The topological polar surface area (TPSA) is 122 Å². The van der Waals surface area contributed by atoms with Gasteiger partial charge in [0.15, 0.2) is 0 Å². The van der Waals surface area contributed by atoms with Crippen molar-refractivity contribution in [1.29, 1.82) is 0 Å². The van der Waals surface area contributed by atoms with Gasteiger partial charge in [-0.05, 0) is 42.5 Å². The van der Waals surface area contributed by atoms with Crippen LogP contribution in [0.15, 0.2) is 48.2 Å². The summed E-state index contributed by atoms with van der Waals surface area (Å²) in [6.07, 6.45) is 4.58. The van der Waals surface area contributed by atoms with Gasteiger partial charge in [0, 0.05) is 32.5 Å². The van der Waals surface area contributed by atoms with Gasteiger partial charge in [-0.1, -0.05) is 18.2 Å². The van der Waals surface area contributed by atoms with Crippen molar-refractivity contribution in [3.05, 3.63) is 59.3 Å². The highest BCUT2D eigenvalue weighted by atomic mass is 32.2. The second-order valence-electron chi connectivity index (χ2n) is 7.95. The third-order valence-corrected chi connectivity index (χ3v) is 6.45. The maximum absolute atomic E-state index is 12.5. The summed E-state index contributed by atoms with van der Waals surface area (Å²) >= 11 is 0.886. The molecule has 10 nitrogen and oxygen atoms in total. The fourth-order valence-corrected chi connectivity index (χ4v) is 4.53. The molecule has 1 N–H and O–H groups in total. The van der Waals surface area contributed by atoms with E-state index in [-0.39, 0.29) is 23.8 Å². The lowest BCUT2D eigenvalue weighted by atomic mass is 10.1. The van der Waals surface area contributed by atoms with Crippen molar-refractivity contribution < 1.29 is 29.0 Å². The molecule has 182 valence electrons. The fraction of sp³-hybridized carbons (Fsp3) is 0.292. The van der Waals surface area contributed by atoms with E-state index in [4.69, 9.17) is 14.6 Å². The van der Waals surface area contributed by atoms with Crippen LogP contribution in [0.2, 0.25) is 0 Å². The first-order valence-electron chi connectivity index (χ1n) is 11.0. The first kappa shape index (κ1) is 24.3. The van der Waals surface area contributed by atoms with E-state index >= 15 is 0 Å². The number of carbonyl (C=O) groups excluding carboxylic acids is 2. The van der Waals surface area contributed by atoms with Crippen molar-refractivity contribution in [1.82, 2.24) is 19.8 Å². The minimum absolute atomic E-state index is 0.146. The van der Waals surface area contributed by atoms with Crippen LogP contribution < -0.4 is 9.47 Å². The average molecular weight is 497 g/mol. The van der Waals surface area contributed by atoms with Crippen LogP contribution in [0, 0.1) is 6.92 Å². The van der Waals surface area contributed by atoms with E-state index < -0.39 is 6.09 Å².